The molecule has 0 aliphatic carbocycles. The van der Waals surface area contributed by atoms with Crippen LogP contribution in [0.5, 0.6) is 0 Å². The monoisotopic (exact) mass is 271 g/mol. The topological polar surface area (TPSA) is 55.8 Å². The summed E-state index contributed by atoms with van der Waals surface area (Å²) in [4.78, 5) is 16.2. The van der Waals surface area contributed by atoms with Gasteiger partial charge in [-0.1, -0.05) is 13.8 Å². The highest BCUT2D eigenvalue weighted by Gasteiger charge is 2.38. The number of nitrogens with zero attached hydrogens (tertiary/aromatic N) is 2. The van der Waals surface area contributed by atoms with Gasteiger partial charge >= 0.3 is 5.97 Å². The molecule has 1 saturated heterocycles. The highest BCUT2D eigenvalue weighted by atomic mass is 16.4. The van der Waals surface area contributed by atoms with Crippen LogP contribution >= 0.6 is 0 Å². The number of hydrogen-bond acceptors (Lipinski definition) is 4. The summed E-state index contributed by atoms with van der Waals surface area (Å²) >= 11 is 0. The van der Waals surface area contributed by atoms with Crippen molar-refractivity contribution in [2.75, 3.05) is 46.3 Å². The molecule has 0 amide bonds. The van der Waals surface area contributed by atoms with E-state index in [1.807, 2.05) is 0 Å². The van der Waals surface area contributed by atoms with Gasteiger partial charge in [0.1, 0.15) is 5.54 Å². The third kappa shape index (κ3) is 4.75. The van der Waals surface area contributed by atoms with Crippen LogP contribution in [0, 0.1) is 0 Å². The van der Waals surface area contributed by atoms with E-state index < -0.39 is 11.5 Å². The standard InChI is InChI=1S/C14H29N3O2/c1-4-17(5-2)12-9-15-14(13(18)19)7-6-10-16(3)11-8-14/h15H,4-12H2,1-3H3,(H,18,19). The van der Waals surface area contributed by atoms with Crippen LogP contribution in [-0.2, 0) is 4.79 Å². The first-order valence-electron chi connectivity index (χ1n) is 7.43. The van der Waals surface area contributed by atoms with Crippen LogP contribution in [0.25, 0.3) is 0 Å². The van der Waals surface area contributed by atoms with E-state index >= 15 is 0 Å². The van der Waals surface area contributed by atoms with Crippen molar-refractivity contribution in [3.05, 3.63) is 0 Å². The van der Waals surface area contributed by atoms with Gasteiger partial charge in [0.05, 0.1) is 0 Å². The van der Waals surface area contributed by atoms with E-state index in [1.165, 1.54) is 0 Å². The molecule has 0 radical (unpaired) electrons. The maximum atomic E-state index is 11.7. The Morgan fingerprint density at radius 3 is 2.58 bits per heavy atom. The van der Waals surface area contributed by atoms with Crippen LogP contribution in [0.4, 0.5) is 0 Å². The highest BCUT2D eigenvalue weighted by molar-refractivity contribution is 5.78. The molecule has 0 aromatic carbocycles. The van der Waals surface area contributed by atoms with Gasteiger partial charge in [-0.3, -0.25) is 4.79 Å². The van der Waals surface area contributed by atoms with E-state index in [-0.39, 0.29) is 0 Å². The Labute approximate surface area is 117 Å². The van der Waals surface area contributed by atoms with E-state index in [2.05, 4.69) is 36.0 Å². The average Bonchev–Trinajstić information content (AvgIpc) is 2.58. The van der Waals surface area contributed by atoms with Gasteiger partial charge < -0.3 is 20.2 Å². The lowest BCUT2D eigenvalue weighted by molar-refractivity contribution is -0.145. The van der Waals surface area contributed by atoms with Crippen molar-refractivity contribution in [1.82, 2.24) is 15.1 Å². The summed E-state index contributed by atoms with van der Waals surface area (Å²) in [6, 6.07) is 0. The fraction of sp³-hybridized carbons (Fsp3) is 0.929. The third-order valence-corrected chi connectivity index (χ3v) is 4.26. The minimum atomic E-state index is -0.724. The number of carboxylic acid groups (broad SMARTS) is 1. The molecule has 0 spiro atoms. The van der Waals surface area contributed by atoms with Crippen molar-refractivity contribution in [1.29, 1.82) is 0 Å². The van der Waals surface area contributed by atoms with E-state index in [4.69, 9.17) is 0 Å². The molecular weight excluding hydrogens is 242 g/mol. The Bertz CT molecular complexity index is 282. The second-order valence-corrected chi connectivity index (χ2v) is 5.50. The highest BCUT2D eigenvalue weighted by Crippen LogP contribution is 2.22. The lowest BCUT2D eigenvalue weighted by Gasteiger charge is -2.30. The van der Waals surface area contributed by atoms with Gasteiger partial charge in [-0.05, 0) is 45.9 Å². The zero-order valence-corrected chi connectivity index (χ0v) is 12.6. The second-order valence-electron chi connectivity index (χ2n) is 5.50. The first kappa shape index (κ1) is 16.4. The third-order valence-electron chi connectivity index (χ3n) is 4.26. The molecule has 5 heteroatoms. The maximum absolute atomic E-state index is 11.7. The summed E-state index contributed by atoms with van der Waals surface area (Å²) in [6.45, 7) is 9.81. The fourth-order valence-electron chi connectivity index (χ4n) is 2.73. The van der Waals surface area contributed by atoms with Crippen molar-refractivity contribution in [3.63, 3.8) is 0 Å². The quantitative estimate of drug-likeness (QED) is 0.719. The molecule has 1 atom stereocenters. The first-order chi connectivity index (χ1) is 9.04. The number of carboxylic acids is 1. The number of rotatable bonds is 7. The molecule has 1 rings (SSSR count). The smallest absolute Gasteiger partial charge is 0.323 e. The molecule has 1 aliphatic heterocycles. The summed E-state index contributed by atoms with van der Waals surface area (Å²) in [7, 11) is 2.06. The molecule has 0 aromatic rings. The summed E-state index contributed by atoms with van der Waals surface area (Å²) in [6.07, 6.45) is 2.36. The SMILES string of the molecule is CCN(CC)CCNC1(C(=O)O)CCCN(C)CC1. The minimum Gasteiger partial charge on any atom is -0.480 e. The largest absolute Gasteiger partial charge is 0.480 e. The molecule has 19 heavy (non-hydrogen) atoms. The van der Waals surface area contributed by atoms with Crippen LogP contribution < -0.4 is 5.32 Å². The first-order valence-corrected chi connectivity index (χ1v) is 7.43. The lowest BCUT2D eigenvalue weighted by atomic mass is 9.90. The second kappa shape index (κ2) is 7.82. The van der Waals surface area contributed by atoms with Crippen LogP contribution in [-0.4, -0.2) is 72.7 Å². The molecular formula is C14H29N3O2. The number of carbonyl (C=O) groups is 1. The minimum absolute atomic E-state index is 0.692. The van der Waals surface area contributed by atoms with Crippen LogP contribution in [0.1, 0.15) is 33.1 Å². The summed E-state index contributed by atoms with van der Waals surface area (Å²) in [5, 5.41) is 12.9. The van der Waals surface area contributed by atoms with Crippen LogP contribution in [0.3, 0.4) is 0 Å². The average molecular weight is 271 g/mol. The number of nitrogens with one attached hydrogen (secondary N) is 1. The fourth-order valence-corrected chi connectivity index (χ4v) is 2.73. The number of likely N-dealkylation sites (N-methyl/N-ethyl adjacent to an activating group) is 1. The van der Waals surface area contributed by atoms with Gasteiger partial charge in [-0.15, -0.1) is 0 Å². The Balaban J connectivity index is 2.54. The van der Waals surface area contributed by atoms with E-state index in [1.54, 1.807) is 0 Å². The van der Waals surface area contributed by atoms with E-state index in [0.29, 0.717) is 6.42 Å². The molecule has 1 heterocycles. The molecule has 112 valence electrons. The van der Waals surface area contributed by atoms with Gasteiger partial charge in [0.2, 0.25) is 0 Å². The van der Waals surface area contributed by atoms with Crippen molar-refractivity contribution >= 4 is 5.97 Å². The molecule has 1 aliphatic rings. The molecule has 0 aromatic heterocycles. The van der Waals surface area contributed by atoms with Gasteiger partial charge in [0.15, 0.2) is 0 Å². The molecule has 0 saturated carbocycles. The molecule has 0 bridgehead atoms. The zero-order chi connectivity index (χ0) is 14.3. The molecule has 5 nitrogen and oxygen atoms in total. The summed E-state index contributed by atoms with van der Waals surface area (Å²) < 4.78 is 0. The normalized spacial score (nSPS) is 25.5. The van der Waals surface area contributed by atoms with Crippen LogP contribution in [0.15, 0.2) is 0 Å². The van der Waals surface area contributed by atoms with E-state index in [9.17, 15) is 9.90 Å². The Hall–Kier alpha value is -0.650. The Kier molecular flexibility index (Phi) is 6.75. The number of hydrogen-bond donors (Lipinski definition) is 2. The van der Waals surface area contributed by atoms with Crippen molar-refractivity contribution < 1.29 is 9.90 Å². The molecule has 1 unspecified atom stereocenters. The lowest BCUT2D eigenvalue weighted by Crippen LogP contribution is -2.54. The predicted octanol–water partition coefficient (Wildman–Crippen LogP) is 0.857. The van der Waals surface area contributed by atoms with Crippen molar-refractivity contribution in [3.8, 4) is 0 Å². The molecule has 1 fully saturated rings. The number of likely N-dealkylation sites (tertiary alicyclic amines) is 1. The predicted molar refractivity (Wildman–Crippen MR) is 77.5 cm³/mol. The van der Waals surface area contributed by atoms with Gasteiger partial charge in [0.25, 0.3) is 0 Å². The van der Waals surface area contributed by atoms with Crippen LogP contribution in [0.2, 0.25) is 0 Å². The van der Waals surface area contributed by atoms with E-state index in [0.717, 1.165) is 52.1 Å². The van der Waals surface area contributed by atoms with Gasteiger partial charge in [-0.2, -0.15) is 0 Å². The Morgan fingerprint density at radius 1 is 1.32 bits per heavy atom. The summed E-state index contributed by atoms with van der Waals surface area (Å²) in [5.41, 5.74) is -0.724. The van der Waals surface area contributed by atoms with Gasteiger partial charge in [0, 0.05) is 19.6 Å². The zero-order valence-electron chi connectivity index (χ0n) is 12.6. The van der Waals surface area contributed by atoms with Gasteiger partial charge in [-0.25, -0.2) is 0 Å². The van der Waals surface area contributed by atoms with Crippen molar-refractivity contribution in [2.45, 2.75) is 38.6 Å². The Morgan fingerprint density at radius 2 is 2.00 bits per heavy atom. The van der Waals surface area contributed by atoms with Crippen molar-refractivity contribution in [2.24, 2.45) is 0 Å². The molecule has 2 N–H and O–H groups in total. The summed E-state index contributed by atoms with van der Waals surface area (Å²) in [5.74, 6) is -0.692. The maximum Gasteiger partial charge on any atom is 0.323 e. The number of aliphatic carboxylic acids is 1.